The number of carbonyl (C=O) groups is 1. The van der Waals surface area contributed by atoms with Gasteiger partial charge in [-0.3, -0.25) is 4.79 Å². The van der Waals surface area contributed by atoms with E-state index in [4.69, 9.17) is 0 Å². The van der Waals surface area contributed by atoms with Crippen LogP contribution >= 0.6 is 0 Å². The topological polar surface area (TPSA) is 41.1 Å². The molecule has 104 valence electrons. The van der Waals surface area contributed by atoms with Gasteiger partial charge in [-0.15, -0.1) is 0 Å². The van der Waals surface area contributed by atoms with Crippen LogP contribution in [0.3, 0.4) is 0 Å². The van der Waals surface area contributed by atoms with Crippen LogP contribution in [-0.4, -0.2) is 19.0 Å². The van der Waals surface area contributed by atoms with Gasteiger partial charge in [0, 0.05) is 11.6 Å². The number of benzene rings is 1. The summed E-state index contributed by atoms with van der Waals surface area (Å²) in [5, 5.41) is 6.42. The minimum absolute atomic E-state index is 0.0157. The fraction of sp³-hybridized carbons (Fsp3) is 0.562. The Kier molecular flexibility index (Phi) is 4.59. The zero-order chi connectivity index (χ0) is 13.8. The molecule has 0 bridgehead atoms. The van der Waals surface area contributed by atoms with Crippen LogP contribution in [0.5, 0.6) is 0 Å². The van der Waals surface area contributed by atoms with Crippen molar-refractivity contribution in [1.82, 2.24) is 5.32 Å². The van der Waals surface area contributed by atoms with E-state index in [0.29, 0.717) is 5.92 Å². The summed E-state index contributed by atoms with van der Waals surface area (Å²) in [5.41, 5.74) is 3.45. The molecule has 0 atom stereocenters. The van der Waals surface area contributed by atoms with Gasteiger partial charge in [0.05, 0.1) is 0 Å². The number of aryl methyl sites for hydroxylation is 1. The molecule has 0 spiro atoms. The van der Waals surface area contributed by atoms with Crippen molar-refractivity contribution >= 4 is 11.6 Å². The van der Waals surface area contributed by atoms with E-state index in [0.717, 1.165) is 24.3 Å². The van der Waals surface area contributed by atoms with Crippen LogP contribution in [0.25, 0.3) is 0 Å². The van der Waals surface area contributed by atoms with Crippen molar-refractivity contribution in [2.75, 3.05) is 18.4 Å². The fourth-order valence-corrected chi connectivity index (χ4v) is 2.46. The van der Waals surface area contributed by atoms with Crippen LogP contribution in [0, 0.1) is 12.8 Å². The molecule has 0 radical (unpaired) electrons. The van der Waals surface area contributed by atoms with Crippen molar-refractivity contribution in [3.05, 3.63) is 29.3 Å². The van der Waals surface area contributed by atoms with Crippen LogP contribution in [0.4, 0.5) is 5.69 Å². The Morgan fingerprint density at radius 2 is 2.00 bits per heavy atom. The molecule has 1 amide bonds. The Balaban J connectivity index is 2.16. The Morgan fingerprint density at radius 3 is 2.63 bits per heavy atom. The van der Waals surface area contributed by atoms with Crippen molar-refractivity contribution < 1.29 is 4.79 Å². The highest BCUT2D eigenvalue weighted by Crippen LogP contribution is 2.28. The van der Waals surface area contributed by atoms with E-state index in [-0.39, 0.29) is 11.8 Å². The molecule has 2 N–H and O–H groups in total. The molecule has 0 aliphatic carbocycles. The zero-order valence-electron chi connectivity index (χ0n) is 12.1. The number of rotatable bonds is 3. The van der Waals surface area contributed by atoms with Crippen LogP contribution in [0.1, 0.15) is 43.7 Å². The van der Waals surface area contributed by atoms with Crippen molar-refractivity contribution in [2.45, 2.75) is 39.5 Å². The minimum atomic E-state index is 0.0157. The van der Waals surface area contributed by atoms with Gasteiger partial charge in [0.2, 0.25) is 5.91 Å². The molecule has 1 heterocycles. The van der Waals surface area contributed by atoms with Crippen LogP contribution in [-0.2, 0) is 4.79 Å². The molecular formula is C16H24N2O. The Bertz CT molecular complexity index is 448. The lowest BCUT2D eigenvalue weighted by Crippen LogP contribution is -2.26. The summed E-state index contributed by atoms with van der Waals surface area (Å²) in [6.07, 6.45) is 2.36. The summed E-state index contributed by atoms with van der Waals surface area (Å²) in [4.78, 5) is 11.8. The molecule has 0 unspecified atom stereocenters. The largest absolute Gasteiger partial charge is 0.326 e. The normalized spacial score (nSPS) is 16.6. The summed E-state index contributed by atoms with van der Waals surface area (Å²) in [6.45, 7) is 8.06. The molecule has 1 fully saturated rings. The lowest BCUT2D eigenvalue weighted by atomic mass is 9.89. The maximum Gasteiger partial charge on any atom is 0.226 e. The average molecular weight is 260 g/mol. The van der Waals surface area contributed by atoms with Crippen LogP contribution in [0.15, 0.2) is 18.2 Å². The highest BCUT2D eigenvalue weighted by molar-refractivity contribution is 5.92. The number of carbonyl (C=O) groups excluding carboxylic acids is 1. The Labute approximate surface area is 115 Å². The summed E-state index contributed by atoms with van der Waals surface area (Å²) in [6, 6.07) is 6.48. The van der Waals surface area contributed by atoms with E-state index < -0.39 is 0 Å². The molecule has 0 saturated carbocycles. The zero-order valence-corrected chi connectivity index (χ0v) is 12.1. The first kappa shape index (κ1) is 14.1. The number of hydrogen-bond acceptors (Lipinski definition) is 2. The second-order valence-corrected chi connectivity index (χ2v) is 5.74. The maximum atomic E-state index is 11.8. The van der Waals surface area contributed by atoms with Gasteiger partial charge < -0.3 is 10.6 Å². The van der Waals surface area contributed by atoms with Gasteiger partial charge in [0.1, 0.15) is 0 Å². The molecule has 3 nitrogen and oxygen atoms in total. The summed E-state index contributed by atoms with van der Waals surface area (Å²) < 4.78 is 0. The van der Waals surface area contributed by atoms with E-state index in [1.807, 2.05) is 20.8 Å². The predicted molar refractivity (Wildman–Crippen MR) is 79.5 cm³/mol. The van der Waals surface area contributed by atoms with Crippen molar-refractivity contribution in [1.29, 1.82) is 0 Å². The first-order chi connectivity index (χ1) is 9.08. The van der Waals surface area contributed by atoms with Gasteiger partial charge in [0.25, 0.3) is 0 Å². The second kappa shape index (κ2) is 6.20. The molecule has 1 aliphatic rings. The van der Waals surface area contributed by atoms with E-state index in [1.165, 1.54) is 18.4 Å². The van der Waals surface area contributed by atoms with E-state index in [9.17, 15) is 4.79 Å². The average Bonchev–Trinajstić information content (AvgIpc) is 2.42. The summed E-state index contributed by atoms with van der Waals surface area (Å²) in [5.74, 6) is 0.726. The number of anilines is 1. The first-order valence-electron chi connectivity index (χ1n) is 7.20. The number of hydrogen-bond donors (Lipinski definition) is 2. The highest BCUT2D eigenvalue weighted by Gasteiger charge is 2.16. The number of piperidine rings is 1. The summed E-state index contributed by atoms with van der Waals surface area (Å²) >= 11 is 0. The third kappa shape index (κ3) is 3.57. The van der Waals surface area contributed by atoms with Gasteiger partial charge in [-0.25, -0.2) is 0 Å². The minimum Gasteiger partial charge on any atom is -0.326 e. The fourth-order valence-electron chi connectivity index (χ4n) is 2.46. The quantitative estimate of drug-likeness (QED) is 0.877. The molecular weight excluding hydrogens is 236 g/mol. The van der Waals surface area contributed by atoms with Gasteiger partial charge in [0.15, 0.2) is 0 Å². The second-order valence-electron chi connectivity index (χ2n) is 5.74. The van der Waals surface area contributed by atoms with Crippen LogP contribution in [0.2, 0.25) is 0 Å². The maximum absolute atomic E-state index is 11.8. The van der Waals surface area contributed by atoms with Crippen molar-refractivity contribution in [3.8, 4) is 0 Å². The predicted octanol–water partition coefficient (Wildman–Crippen LogP) is 3.06. The molecule has 2 rings (SSSR count). The molecule has 19 heavy (non-hydrogen) atoms. The SMILES string of the molecule is Cc1ccc(C2CCNCC2)cc1NC(=O)C(C)C. The monoisotopic (exact) mass is 260 g/mol. The van der Waals surface area contributed by atoms with E-state index in [2.05, 4.69) is 28.8 Å². The van der Waals surface area contributed by atoms with Crippen molar-refractivity contribution in [2.24, 2.45) is 5.92 Å². The molecule has 3 heteroatoms. The molecule has 0 aromatic heterocycles. The van der Waals surface area contributed by atoms with E-state index >= 15 is 0 Å². The van der Waals surface area contributed by atoms with Gasteiger partial charge in [-0.1, -0.05) is 26.0 Å². The highest BCUT2D eigenvalue weighted by atomic mass is 16.1. The van der Waals surface area contributed by atoms with Gasteiger partial charge in [-0.05, 0) is 56.0 Å². The molecule has 1 aliphatic heterocycles. The van der Waals surface area contributed by atoms with Gasteiger partial charge >= 0.3 is 0 Å². The smallest absolute Gasteiger partial charge is 0.226 e. The lowest BCUT2D eigenvalue weighted by Gasteiger charge is -2.24. The number of amides is 1. The van der Waals surface area contributed by atoms with Crippen LogP contribution < -0.4 is 10.6 Å². The molecule has 1 aromatic rings. The van der Waals surface area contributed by atoms with Gasteiger partial charge in [-0.2, -0.15) is 0 Å². The Morgan fingerprint density at radius 1 is 1.32 bits per heavy atom. The third-order valence-corrected chi connectivity index (χ3v) is 3.85. The van der Waals surface area contributed by atoms with E-state index in [1.54, 1.807) is 0 Å². The van der Waals surface area contributed by atoms with Crippen molar-refractivity contribution in [3.63, 3.8) is 0 Å². The molecule has 1 aromatic carbocycles. The molecule has 1 saturated heterocycles. The Hall–Kier alpha value is -1.35. The standard InChI is InChI=1S/C16H24N2O/c1-11(2)16(19)18-15-10-14(5-4-12(15)3)13-6-8-17-9-7-13/h4-5,10-11,13,17H,6-9H2,1-3H3,(H,18,19). The third-order valence-electron chi connectivity index (χ3n) is 3.85. The summed E-state index contributed by atoms with van der Waals surface area (Å²) in [7, 11) is 0. The first-order valence-corrected chi connectivity index (χ1v) is 7.20. The lowest BCUT2D eigenvalue weighted by molar-refractivity contribution is -0.118. The number of nitrogens with one attached hydrogen (secondary N) is 2.